The first-order valence-electron chi connectivity index (χ1n) is 8.77. The SMILES string of the molecule is OC(COc1ccc2ccccc2c1)CSc1nncn1-c1cccc(Cl)c1. The van der Waals surface area contributed by atoms with Crippen molar-refractivity contribution in [3.05, 3.63) is 78.1 Å². The van der Waals surface area contributed by atoms with Crippen molar-refractivity contribution in [2.75, 3.05) is 12.4 Å². The van der Waals surface area contributed by atoms with Crippen LogP contribution in [0.5, 0.6) is 5.75 Å². The van der Waals surface area contributed by atoms with E-state index in [4.69, 9.17) is 16.3 Å². The minimum atomic E-state index is -0.638. The van der Waals surface area contributed by atoms with Crippen molar-refractivity contribution in [2.45, 2.75) is 11.3 Å². The van der Waals surface area contributed by atoms with Gasteiger partial charge in [0.1, 0.15) is 18.7 Å². The van der Waals surface area contributed by atoms with Crippen LogP contribution in [0.1, 0.15) is 0 Å². The van der Waals surface area contributed by atoms with Crippen LogP contribution in [-0.2, 0) is 0 Å². The van der Waals surface area contributed by atoms with Gasteiger partial charge in [0.15, 0.2) is 5.16 Å². The summed E-state index contributed by atoms with van der Waals surface area (Å²) in [6.07, 6.45) is 0.993. The highest BCUT2D eigenvalue weighted by Gasteiger charge is 2.12. The van der Waals surface area contributed by atoms with Crippen molar-refractivity contribution >= 4 is 34.1 Å². The zero-order valence-electron chi connectivity index (χ0n) is 14.9. The van der Waals surface area contributed by atoms with E-state index >= 15 is 0 Å². The molecular weight excluding hydrogens is 394 g/mol. The minimum Gasteiger partial charge on any atom is -0.491 e. The number of aromatic nitrogens is 3. The molecule has 0 spiro atoms. The summed E-state index contributed by atoms with van der Waals surface area (Å²) in [4.78, 5) is 0. The zero-order chi connectivity index (χ0) is 19.3. The molecule has 0 saturated carbocycles. The summed E-state index contributed by atoms with van der Waals surface area (Å²) in [5.74, 6) is 1.18. The first-order valence-corrected chi connectivity index (χ1v) is 10.1. The fourth-order valence-electron chi connectivity index (χ4n) is 2.79. The maximum Gasteiger partial charge on any atom is 0.195 e. The predicted molar refractivity (Wildman–Crippen MR) is 113 cm³/mol. The molecule has 0 aliphatic heterocycles. The second-order valence-electron chi connectivity index (χ2n) is 6.25. The Hall–Kier alpha value is -2.54. The zero-order valence-corrected chi connectivity index (χ0v) is 16.5. The third kappa shape index (κ3) is 4.47. The van der Waals surface area contributed by atoms with Gasteiger partial charge < -0.3 is 9.84 Å². The first-order chi connectivity index (χ1) is 13.7. The van der Waals surface area contributed by atoms with Gasteiger partial charge in [0.25, 0.3) is 0 Å². The molecule has 1 heterocycles. The van der Waals surface area contributed by atoms with Crippen LogP contribution in [0.15, 0.2) is 78.2 Å². The average molecular weight is 412 g/mol. The largest absolute Gasteiger partial charge is 0.491 e. The number of aliphatic hydroxyl groups excluding tert-OH is 1. The van der Waals surface area contributed by atoms with E-state index in [1.165, 1.54) is 11.8 Å². The first kappa shape index (κ1) is 18.8. The van der Waals surface area contributed by atoms with Crippen molar-refractivity contribution in [1.29, 1.82) is 0 Å². The summed E-state index contributed by atoms with van der Waals surface area (Å²) in [5, 5.41) is 22.0. The average Bonchev–Trinajstić information content (AvgIpc) is 3.19. The Morgan fingerprint density at radius 2 is 1.89 bits per heavy atom. The lowest BCUT2D eigenvalue weighted by Crippen LogP contribution is -2.20. The highest BCUT2D eigenvalue weighted by Crippen LogP contribution is 2.23. The van der Waals surface area contributed by atoms with Crippen LogP contribution in [0.4, 0.5) is 0 Å². The summed E-state index contributed by atoms with van der Waals surface area (Å²) in [6, 6.07) is 21.5. The number of aliphatic hydroxyl groups is 1. The van der Waals surface area contributed by atoms with Crippen molar-refractivity contribution in [1.82, 2.24) is 14.8 Å². The van der Waals surface area contributed by atoms with Gasteiger partial charge >= 0.3 is 0 Å². The summed E-state index contributed by atoms with van der Waals surface area (Å²) in [6.45, 7) is 0.205. The van der Waals surface area contributed by atoms with Crippen molar-refractivity contribution in [3.63, 3.8) is 0 Å². The van der Waals surface area contributed by atoms with E-state index in [9.17, 15) is 5.11 Å². The molecule has 1 atom stereocenters. The maximum absolute atomic E-state index is 10.3. The smallest absolute Gasteiger partial charge is 0.195 e. The third-order valence-electron chi connectivity index (χ3n) is 4.17. The van der Waals surface area contributed by atoms with Gasteiger partial charge in [-0.25, -0.2) is 0 Å². The molecule has 0 bridgehead atoms. The lowest BCUT2D eigenvalue weighted by molar-refractivity contribution is 0.126. The Balaban J connectivity index is 1.35. The van der Waals surface area contributed by atoms with Crippen LogP contribution < -0.4 is 4.74 Å². The highest BCUT2D eigenvalue weighted by molar-refractivity contribution is 7.99. The Morgan fingerprint density at radius 1 is 1.04 bits per heavy atom. The van der Waals surface area contributed by atoms with E-state index in [0.29, 0.717) is 15.9 Å². The monoisotopic (exact) mass is 411 g/mol. The van der Waals surface area contributed by atoms with Gasteiger partial charge in [-0.15, -0.1) is 10.2 Å². The lowest BCUT2D eigenvalue weighted by Gasteiger charge is -2.13. The number of hydrogen-bond acceptors (Lipinski definition) is 5. The standard InChI is InChI=1S/C21H18ClN3O2S/c22-17-6-3-7-18(11-17)25-14-23-24-21(25)28-13-19(26)12-27-20-9-8-15-4-1-2-5-16(15)10-20/h1-11,14,19,26H,12-13H2. The molecule has 0 fully saturated rings. The van der Waals surface area contributed by atoms with E-state index in [0.717, 1.165) is 22.2 Å². The van der Waals surface area contributed by atoms with Crippen LogP contribution in [0.3, 0.4) is 0 Å². The van der Waals surface area contributed by atoms with Crippen molar-refractivity contribution < 1.29 is 9.84 Å². The number of thioether (sulfide) groups is 1. The summed E-state index contributed by atoms with van der Waals surface area (Å²) < 4.78 is 7.59. The van der Waals surface area contributed by atoms with E-state index < -0.39 is 6.10 Å². The number of hydrogen-bond donors (Lipinski definition) is 1. The molecule has 0 radical (unpaired) electrons. The predicted octanol–water partition coefficient (Wildman–Crippen LogP) is 4.61. The molecule has 0 saturated heterocycles. The summed E-state index contributed by atoms with van der Waals surface area (Å²) in [7, 11) is 0. The molecule has 0 aliphatic carbocycles. The number of fused-ring (bicyclic) bond motifs is 1. The Kier molecular flexibility index (Phi) is 5.81. The van der Waals surface area contributed by atoms with Gasteiger partial charge in [0.2, 0.25) is 0 Å². The van der Waals surface area contributed by atoms with E-state index in [-0.39, 0.29) is 6.61 Å². The van der Waals surface area contributed by atoms with Crippen molar-refractivity contribution in [3.8, 4) is 11.4 Å². The van der Waals surface area contributed by atoms with Crippen LogP contribution in [-0.4, -0.2) is 38.3 Å². The molecule has 4 rings (SSSR count). The molecule has 28 heavy (non-hydrogen) atoms. The molecule has 1 N–H and O–H groups in total. The molecule has 1 aromatic heterocycles. The van der Waals surface area contributed by atoms with Gasteiger partial charge in [-0.1, -0.05) is 59.8 Å². The van der Waals surface area contributed by atoms with Crippen molar-refractivity contribution in [2.24, 2.45) is 0 Å². The van der Waals surface area contributed by atoms with Gasteiger partial charge in [0.05, 0.1) is 11.8 Å². The minimum absolute atomic E-state index is 0.205. The second-order valence-corrected chi connectivity index (χ2v) is 7.67. The Bertz CT molecular complexity index is 1090. The van der Waals surface area contributed by atoms with Crippen LogP contribution >= 0.6 is 23.4 Å². The molecule has 7 heteroatoms. The van der Waals surface area contributed by atoms with Gasteiger partial charge in [0, 0.05) is 10.8 Å². The molecule has 5 nitrogen and oxygen atoms in total. The molecule has 3 aromatic carbocycles. The highest BCUT2D eigenvalue weighted by atomic mass is 35.5. The van der Waals surface area contributed by atoms with Crippen LogP contribution in [0, 0.1) is 0 Å². The molecule has 1 unspecified atom stereocenters. The molecular formula is C21H18ClN3O2S. The lowest BCUT2D eigenvalue weighted by atomic mass is 10.1. The fourth-order valence-corrected chi connectivity index (χ4v) is 3.81. The number of halogens is 1. The van der Waals surface area contributed by atoms with Gasteiger partial charge in [-0.3, -0.25) is 4.57 Å². The molecule has 0 amide bonds. The molecule has 142 valence electrons. The quantitative estimate of drug-likeness (QED) is 0.450. The van der Waals surface area contributed by atoms with E-state index in [2.05, 4.69) is 16.3 Å². The number of ether oxygens (including phenoxy) is 1. The number of rotatable bonds is 7. The molecule has 0 aliphatic rings. The molecule has 4 aromatic rings. The Morgan fingerprint density at radius 3 is 2.75 bits per heavy atom. The maximum atomic E-state index is 10.3. The van der Waals surface area contributed by atoms with Gasteiger partial charge in [-0.2, -0.15) is 0 Å². The van der Waals surface area contributed by atoms with E-state index in [1.54, 1.807) is 6.33 Å². The summed E-state index contributed by atoms with van der Waals surface area (Å²) in [5.41, 5.74) is 0.877. The fraction of sp³-hybridized carbons (Fsp3) is 0.143. The van der Waals surface area contributed by atoms with E-state index in [1.807, 2.05) is 65.2 Å². The number of nitrogens with zero attached hydrogens (tertiary/aromatic N) is 3. The van der Waals surface area contributed by atoms with Crippen LogP contribution in [0.2, 0.25) is 5.02 Å². The Labute approximate surface area is 171 Å². The normalized spacial score (nSPS) is 12.2. The summed E-state index contributed by atoms with van der Waals surface area (Å²) >= 11 is 7.48. The second kappa shape index (κ2) is 8.65. The third-order valence-corrected chi connectivity index (χ3v) is 5.49. The van der Waals surface area contributed by atoms with Crippen LogP contribution in [0.25, 0.3) is 16.5 Å². The number of benzene rings is 3. The van der Waals surface area contributed by atoms with Gasteiger partial charge in [-0.05, 0) is 41.1 Å². The topological polar surface area (TPSA) is 60.2 Å².